The number of rotatable bonds is 6. The fourth-order valence-corrected chi connectivity index (χ4v) is 4.90. The summed E-state index contributed by atoms with van der Waals surface area (Å²) < 4.78 is 44.7. The van der Waals surface area contributed by atoms with Gasteiger partial charge in [0, 0.05) is 19.5 Å². The van der Waals surface area contributed by atoms with E-state index in [0.29, 0.717) is 24.0 Å². The molecule has 1 atom stereocenters. The van der Waals surface area contributed by atoms with E-state index in [9.17, 15) is 32.3 Å². The molecule has 2 fully saturated rings. The number of imide groups is 1. The highest BCUT2D eigenvalue weighted by Crippen LogP contribution is 2.46. The zero-order valence-corrected chi connectivity index (χ0v) is 20.9. The summed E-state index contributed by atoms with van der Waals surface area (Å²) >= 11 is 5.80. The van der Waals surface area contributed by atoms with Crippen LogP contribution < -0.4 is 5.32 Å². The van der Waals surface area contributed by atoms with Crippen LogP contribution in [0.4, 0.5) is 18.0 Å². The number of hydrogen-bond acceptors (Lipinski definition) is 5. The van der Waals surface area contributed by atoms with Crippen molar-refractivity contribution in [3.8, 4) is 0 Å². The van der Waals surface area contributed by atoms with Crippen molar-refractivity contribution in [3.05, 3.63) is 33.8 Å². The molecule has 8 nitrogen and oxygen atoms in total. The predicted octanol–water partition coefficient (Wildman–Crippen LogP) is 4.23. The van der Waals surface area contributed by atoms with Crippen LogP contribution in [-0.4, -0.2) is 45.9 Å². The smallest absolute Gasteiger partial charge is 0.417 e. The van der Waals surface area contributed by atoms with Crippen molar-refractivity contribution >= 4 is 35.4 Å². The van der Waals surface area contributed by atoms with Gasteiger partial charge in [0.2, 0.25) is 5.91 Å². The number of fused-ring (bicyclic) bond motifs is 1. The Bertz CT molecular complexity index is 1130. The summed E-state index contributed by atoms with van der Waals surface area (Å²) in [5.74, 6) is -1.61. The molecule has 0 unspecified atom stereocenters. The van der Waals surface area contributed by atoms with Crippen LogP contribution in [0.3, 0.4) is 0 Å². The number of halogens is 4. The van der Waals surface area contributed by atoms with Crippen LogP contribution in [0, 0.1) is 11.3 Å². The maximum absolute atomic E-state index is 13.3. The van der Waals surface area contributed by atoms with Crippen molar-refractivity contribution in [1.82, 2.24) is 15.1 Å². The topological polar surface area (TPSA) is 96.0 Å². The summed E-state index contributed by atoms with van der Waals surface area (Å²) in [6.45, 7) is 4.53. The molecule has 36 heavy (non-hydrogen) atoms. The van der Waals surface area contributed by atoms with Crippen molar-refractivity contribution in [2.24, 2.45) is 11.3 Å². The van der Waals surface area contributed by atoms with Crippen molar-refractivity contribution in [2.75, 3.05) is 6.73 Å². The lowest BCUT2D eigenvalue weighted by Gasteiger charge is -2.27. The molecule has 196 valence electrons. The highest BCUT2D eigenvalue weighted by atomic mass is 35.5. The minimum absolute atomic E-state index is 0.0000293. The van der Waals surface area contributed by atoms with Crippen LogP contribution in [0.1, 0.15) is 63.1 Å². The average Bonchev–Trinajstić information content (AvgIpc) is 3.49. The third-order valence-corrected chi connectivity index (χ3v) is 7.13. The van der Waals surface area contributed by atoms with E-state index in [2.05, 4.69) is 5.32 Å². The van der Waals surface area contributed by atoms with Gasteiger partial charge < -0.3 is 15.0 Å². The third-order valence-electron chi connectivity index (χ3n) is 6.82. The van der Waals surface area contributed by atoms with Gasteiger partial charge in [-0.3, -0.25) is 14.4 Å². The SMILES string of the molecule is CC(C)(C)C(=O)OCN1C(=O)N[C@](CCC(=O)N2Cc3cc(Cl)c(C(F)(F)F)cc3C2)(C2CC2)C1=O. The number of hydrogen-bond donors (Lipinski definition) is 1. The number of carbonyl (C=O) groups excluding carboxylic acids is 4. The molecule has 1 aliphatic carbocycles. The van der Waals surface area contributed by atoms with Crippen LogP contribution in [0.5, 0.6) is 0 Å². The molecule has 0 radical (unpaired) electrons. The van der Waals surface area contributed by atoms with E-state index in [1.807, 2.05) is 0 Å². The van der Waals surface area contributed by atoms with Gasteiger partial charge >= 0.3 is 18.2 Å². The van der Waals surface area contributed by atoms with Gasteiger partial charge in [0.05, 0.1) is 16.0 Å². The molecule has 1 saturated heterocycles. The molecule has 0 spiro atoms. The van der Waals surface area contributed by atoms with Crippen molar-refractivity contribution in [3.63, 3.8) is 0 Å². The number of esters is 1. The van der Waals surface area contributed by atoms with E-state index >= 15 is 0 Å². The first-order valence-corrected chi connectivity index (χ1v) is 12.0. The Hall–Kier alpha value is -2.82. The summed E-state index contributed by atoms with van der Waals surface area (Å²) in [6.07, 6.45) is -3.26. The lowest BCUT2D eigenvalue weighted by Crippen LogP contribution is -2.50. The number of urea groups is 1. The van der Waals surface area contributed by atoms with E-state index in [4.69, 9.17) is 16.3 Å². The number of nitrogens with one attached hydrogen (secondary N) is 1. The maximum atomic E-state index is 13.3. The molecule has 4 amide bonds. The Morgan fingerprint density at radius 2 is 1.75 bits per heavy atom. The highest BCUT2D eigenvalue weighted by molar-refractivity contribution is 6.31. The fraction of sp³-hybridized carbons (Fsp3) is 0.583. The second-order valence-electron chi connectivity index (χ2n) is 10.6. The minimum atomic E-state index is -4.60. The molecule has 4 rings (SSSR count). The van der Waals surface area contributed by atoms with Gasteiger partial charge in [-0.15, -0.1) is 0 Å². The van der Waals surface area contributed by atoms with Gasteiger partial charge in [-0.1, -0.05) is 11.6 Å². The molecule has 3 aliphatic rings. The van der Waals surface area contributed by atoms with Gasteiger partial charge in [-0.2, -0.15) is 13.2 Å². The number of alkyl halides is 3. The first-order valence-electron chi connectivity index (χ1n) is 11.6. The molecule has 1 aromatic carbocycles. The minimum Gasteiger partial charge on any atom is -0.443 e. The molecule has 1 N–H and O–H groups in total. The van der Waals surface area contributed by atoms with Crippen LogP contribution in [0.15, 0.2) is 12.1 Å². The van der Waals surface area contributed by atoms with Crippen molar-refractivity contribution in [2.45, 2.75) is 71.3 Å². The third kappa shape index (κ3) is 4.89. The summed E-state index contributed by atoms with van der Waals surface area (Å²) in [5, 5.41) is 2.30. The molecule has 1 saturated carbocycles. The number of benzene rings is 1. The normalized spacial score (nSPS) is 22.1. The largest absolute Gasteiger partial charge is 0.443 e. The van der Waals surface area contributed by atoms with Crippen molar-refractivity contribution < 1.29 is 37.1 Å². The average molecular weight is 530 g/mol. The number of nitrogens with zero attached hydrogens (tertiary/aromatic N) is 2. The molecule has 2 aliphatic heterocycles. The standard InChI is InChI=1S/C24H27ClF3N3O5/c1-22(2,3)20(34)36-12-31-19(33)23(15-4-5-15,29-21(31)35)7-6-18(32)30-10-13-8-16(24(26,27)28)17(25)9-14(13)11-30/h8-9,15H,4-7,10-12H2,1-3H3,(H,29,35)/t23-/m1/s1. The summed E-state index contributed by atoms with van der Waals surface area (Å²) in [6, 6.07) is 1.51. The number of carbonyl (C=O) groups is 4. The molecule has 2 heterocycles. The molecular formula is C24H27ClF3N3O5. The van der Waals surface area contributed by atoms with Crippen LogP contribution in [0.2, 0.25) is 5.02 Å². The molecular weight excluding hydrogens is 503 g/mol. The Morgan fingerprint density at radius 1 is 1.14 bits per heavy atom. The second-order valence-corrected chi connectivity index (χ2v) is 11.0. The molecule has 0 aromatic heterocycles. The Balaban J connectivity index is 1.42. The van der Waals surface area contributed by atoms with Gasteiger partial charge in [0.15, 0.2) is 6.73 Å². The van der Waals surface area contributed by atoms with Crippen LogP contribution >= 0.6 is 11.6 Å². The monoisotopic (exact) mass is 529 g/mol. The van der Waals surface area contributed by atoms with Crippen LogP contribution in [0.25, 0.3) is 0 Å². The van der Waals surface area contributed by atoms with Gasteiger partial charge in [-0.25, -0.2) is 9.69 Å². The first-order chi connectivity index (χ1) is 16.6. The lowest BCUT2D eigenvalue weighted by molar-refractivity contribution is -0.158. The number of amides is 4. The van der Waals surface area contributed by atoms with E-state index in [-0.39, 0.29) is 37.8 Å². The van der Waals surface area contributed by atoms with E-state index < -0.39 is 52.4 Å². The molecule has 12 heteroatoms. The van der Waals surface area contributed by atoms with E-state index in [1.165, 1.54) is 11.0 Å². The van der Waals surface area contributed by atoms with Gasteiger partial charge in [0.1, 0.15) is 5.54 Å². The predicted molar refractivity (Wildman–Crippen MR) is 121 cm³/mol. The quantitative estimate of drug-likeness (QED) is 0.439. The zero-order valence-electron chi connectivity index (χ0n) is 20.1. The van der Waals surface area contributed by atoms with E-state index in [1.54, 1.807) is 20.8 Å². The second kappa shape index (κ2) is 8.93. The van der Waals surface area contributed by atoms with Crippen molar-refractivity contribution in [1.29, 1.82) is 0 Å². The van der Waals surface area contributed by atoms with Gasteiger partial charge in [-0.05, 0) is 69.2 Å². The number of ether oxygens (including phenoxy) is 1. The summed E-state index contributed by atoms with van der Waals surface area (Å²) in [4.78, 5) is 53.2. The highest BCUT2D eigenvalue weighted by Gasteiger charge is 2.59. The summed E-state index contributed by atoms with van der Waals surface area (Å²) in [7, 11) is 0. The zero-order chi connectivity index (χ0) is 26.6. The first kappa shape index (κ1) is 26.2. The van der Waals surface area contributed by atoms with Gasteiger partial charge in [0.25, 0.3) is 5.91 Å². The summed E-state index contributed by atoms with van der Waals surface area (Å²) in [5.41, 5.74) is -2.13. The lowest BCUT2D eigenvalue weighted by atomic mass is 9.87. The Labute approximate surface area is 211 Å². The molecule has 1 aromatic rings. The van der Waals surface area contributed by atoms with Crippen LogP contribution in [-0.2, 0) is 38.4 Å². The fourth-order valence-electron chi connectivity index (χ4n) is 4.60. The molecule has 0 bridgehead atoms. The Morgan fingerprint density at radius 3 is 2.31 bits per heavy atom. The maximum Gasteiger partial charge on any atom is 0.417 e. The Kier molecular flexibility index (Phi) is 6.51. The van der Waals surface area contributed by atoms with E-state index in [0.717, 1.165) is 11.0 Å².